The summed E-state index contributed by atoms with van der Waals surface area (Å²) in [6.45, 7) is 11.9. The second-order valence-corrected chi connectivity index (χ2v) is 19.5. The van der Waals surface area contributed by atoms with Crippen LogP contribution in [0.4, 0.5) is 4.79 Å². The maximum absolute atomic E-state index is 14.9. The molecule has 58 heavy (non-hydrogen) atoms. The van der Waals surface area contributed by atoms with Crippen molar-refractivity contribution in [1.82, 2.24) is 25.2 Å². The SMILES string of the molecule is C=CCc1cc2c3cc(c(OC)cc3n1)CCCC(C)(C)COC(=O)N[C@@H](C1CCCCC1)C(=O)N1C[C@@H](C[C@H]1C(=O)NC1(C(=O)NS(=O)(=O)C3CC3)CC1C=C)O2. The predicted molar refractivity (Wildman–Crippen MR) is 218 cm³/mol. The maximum atomic E-state index is 14.9. The van der Waals surface area contributed by atoms with Crippen molar-refractivity contribution in [2.75, 3.05) is 20.3 Å². The maximum Gasteiger partial charge on any atom is 0.407 e. The molecule has 2 unspecified atom stereocenters. The number of nitrogens with zero attached hydrogens (tertiary/aromatic N) is 2. The van der Waals surface area contributed by atoms with Gasteiger partial charge in [-0.05, 0) is 74.3 Å². The number of alkyl carbamates (subject to hydrolysis) is 1. The molecule has 4 bridgehead atoms. The Hall–Kier alpha value is -4.66. The van der Waals surface area contributed by atoms with Gasteiger partial charge < -0.3 is 29.7 Å². The summed E-state index contributed by atoms with van der Waals surface area (Å²) < 4.78 is 46.3. The molecule has 5 aliphatic rings. The molecule has 14 nitrogen and oxygen atoms in total. The predicted octanol–water partition coefficient (Wildman–Crippen LogP) is 5.03. The first-order valence-electron chi connectivity index (χ1n) is 20.7. The minimum Gasteiger partial charge on any atom is -0.496 e. The summed E-state index contributed by atoms with van der Waals surface area (Å²) in [6.07, 6.45) is 9.99. The van der Waals surface area contributed by atoms with Gasteiger partial charge in [0.05, 0.1) is 31.0 Å². The molecule has 5 atom stereocenters. The number of ether oxygens (including phenoxy) is 3. The second-order valence-electron chi connectivity index (χ2n) is 17.6. The van der Waals surface area contributed by atoms with E-state index in [4.69, 9.17) is 19.2 Å². The van der Waals surface area contributed by atoms with E-state index in [1.54, 1.807) is 13.2 Å². The Labute approximate surface area is 340 Å². The third-order valence-corrected chi connectivity index (χ3v) is 14.3. The number of allylic oxidation sites excluding steroid dienone is 1. The summed E-state index contributed by atoms with van der Waals surface area (Å²) >= 11 is 0. The van der Waals surface area contributed by atoms with Crippen LogP contribution in [0, 0.1) is 17.3 Å². The van der Waals surface area contributed by atoms with E-state index in [1.165, 1.54) is 11.0 Å². The number of carbonyl (C=O) groups excluding carboxylic acids is 4. The van der Waals surface area contributed by atoms with Crippen molar-refractivity contribution >= 4 is 44.7 Å². The highest BCUT2D eigenvalue weighted by Crippen LogP contribution is 2.46. The Kier molecular flexibility index (Phi) is 11.8. The molecule has 1 aromatic heterocycles. The van der Waals surface area contributed by atoms with E-state index in [9.17, 15) is 27.6 Å². The van der Waals surface area contributed by atoms with Crippen molar-refractivity contribution in [3.05, 3.63) is 54.8 Å². The highest BCUT2D eigenvalue weighted by molar-refractivity contribution is 7.91. The number of hydrogen-bond donors (Lipinski definition) is 3. The minimum absolute atomic E-state index is 0.00760. The molecule has 3 N–H and O–H groups in total. The van der Waals surface area contributed by atoms with Crippen LogP contribution in [0.3, 0.4) is 0 Å². The van der Waals surface area contributed by atoms with Crippen LogP contribution in [0.25, 0.3) is 10.9 Å². The summed E-state index contributed by atoms with van der Waals surface area (Å²) in [5, 5.41) is 5.89. The summed E-state index contributed by atoms with van der Waals surface area (Å²) in [5.41, 5.74) is 0.420. The van der Waals surface area contributed by atoms with Crippen LogP contribution < -0.4 is 24.8 Å². The molecular weight excluding hydrogens is 763 g/mol. The van der Waals surface area contributed by atoms with Gasteiger partial charge in [0.2, 0.25) is 21.8 Å². The van der Waals surface area contributed by atoms with Crippen LogP contribution in [-0.2, 0) is 42.0 Å². The average molecular weight is 820 g/mol. The number of aromatic nitrogens is 1. The highest BCUT2D eigenvalue weighted by Gasteiger charge is 2.62. The first-order valence-corrected chi connectivity index (χ1v) is 22.2. The first-order chi connectivity index (χ1) is 27.7. The number of amides is 4. The monoisotopic (exact) mass is 819 g/mol. The molecule has 4 amide bonds. The van der Waals surface area contributed by atoms with E-state index in [0.29, 0.717) is 55.5 Å². The number of hydrogen-bond acceptors (Lipinski definition) is 10. The van der Waals surface area contributed by atoms with Gasteiger partial charge in [0.25, 0.3) is 5.91 Å². The van der Waals surface area contributed by atoms with Crippen molar-refractivity contribution in [2.24, 2.45) is 17.3 Å². The van der Waals surface area contributed by atoms with Gasteiger partial charge >= 0.3 is 6.09 Å². The molecule has 7 rings (SSSR count). The normalized spacial score (nSPS) is 27.9. The lowest BCUT2D eigenvalue weighted by Crippen LogP contribution is -2.59. The number of pyridine rings is 1. The van der Waals surface area contributed by atoms with E-state index in [1.807, 2.05) is 32.0 Å². The number of carbonyl (C=O) groups is 4. The molecule has 15 heteroatoms. The first kappa shape index (κ1) is 41.5. The molecule has 1 aromatic carbocycles. The third-order valence-electron chi connectivity index (χ3n) is 12.5. The highest BCUT2D eigenvalue weighted by atomic mass is 32.2. The summed E-state index contributed by atoms with van der Waals surface area (Å²) in [6, 6.07) is 3.70. The van der Waals surface area contributed by atoms with Crippen LogP contribution in [0.5, 0.6) is 11.5 Å². The number of rotatable bonds is 10. The zero-order valence-corrected chi connectivity index (χ0v) is 34.7. The Morgan fingerprint density at radius 3 is 2.52 bits per heavy atom. The van der Waals surface area contributed by atoms with Gasteiger partial charge in [-0.2, -0.15) is 0 Å². The van der Waals surface area contributed by atoms with E-state index in [-0.39, 0.29) is 37.3 Å². The second kappa shape index (κ2) is 16.5. The Bertz CT molecular complexity index is 2080. The third kappa shape index (κ3) is 8.84. The lowest BCUT2D eigenvalue weighted by molar-refractivity contribution is -0.142. The van der Waals surface area contributed by atoms with Gasteiger partial charge in [0, 0.05) is 42.0 Å². The van der Waals surface area contributed by atoms with Gasteiger partial charge in [-0.1, -0.05) is 45.3 Å². The quantitative estimate of drug-likeness (QED) is 0.275. The zero-order valence-electron chi connectivity index (χ0n) is 33.8. The van der Waals surface area contributed by atoms with Gasteiger partial charge in [-0.3, -0.25) is 24.1 Å². The molecule has 3 saturated carbocycles. The van der Waals surface area contributed by atoms with E-state index in [2.05, 4.69) is 28.5 Å². The fourth-order valence-corrected chi connectivity index (χ4v) is 10.3. The largest absolute Gasteiger partial charge is 0.496 e. The van der Waals surface area contributed by atoms with E-state index < -0.39 is 68.7 Å². The number of aryl methyl sites for hydroxylation is 1. The van der Waals surface area contributed by atoms with Gasteiger partial charge in [0.15, 0.2) is 0 Å². The molecule has 2 aromatic rings. The smallest absolute Gasteiger partial charge is 0.407 e. The Morgan fingerprint density at radius 1 is 1.09 bits per heavy atom. The van der Waals surface area contributed by atoms with Crippen molar-refractivity contribution in [3.8, 4) is 11.5 Å². The molecule has 1 saturated heterocycles. The van der Waals surface area contributed by atoms with Gasteiger partial charge in [-0.15, -0.1) is 13.2 Å². The summed E-state index contributed by atoms with van der Waals surface area (Å²) in [5.74, 6) is -1.37. The van der Waals surface area contributed by atoms with Crippen LogP contribution in [0.15, 0.2) is 43.5 Å². The van der Waals surface area contributed by atoms with Crippen molar-refractivity contribution in [1.29, 1.82) is 0 Å². The standard InChI is InChI=1S/C43H57N5O9S/c1-6-12-29-20-36-32-19-27(35(55-5)22-33(32)44-29)15-11-18-42(3,4)25-56-41(52)45-37(26-13-9-8-10-14-26)39(50)48-24-30(57-36)21-34(48)38(49)46-43(23-28(43)7-2)40(51)47-58(53,54)31-16-17-31/h6-7,19-20,22,26,28,30-31,34,37H,1-2,8-18,21,23-25H2,3-5H3,(H,45,52)(H,46,49)(H,47,51)/t28?,30-,34+,37+,43?/m1/s1. The van der Waals surface area contributed by atoms with Crippen LogP contribution in [0.2, 0.25) is 0 Å². The Morgan fingerprint density at radius 2 is 1.84 bits per heavy atom. The van der Waals surface area contributed by atoms with Crippen LogP contribution >= 0.6 is 0 Å². The number of nitrogens with one attached hydrogen (secondary N) is 3. The molecule has 3 heterocycles. The minimum atomic E-state index is -3.91. The summed E-state index contributed by atoms with van der Waals surface area (Å²) in [7, 11) is -2.28. The fourth-order valence-electron chi connectivity index (χ4n) is 8.92. The molecule has 3 aliphatic carbocycles. The van der Waals surface area contributed by atoms with Crippen molar-refractivity contribution < 1.29 is 41.8 Å². The lowest BCUT2D eigenvalue weighted by atomic mass is 9.83. The molecule has 0 spiro atoms. The number of cyclic esters (lactones) is 1. The molecule has 2 aliphatic heterocycles. The number of sulfonamides is 1. The lowest BCUT2D eigenvalue weighted by Gasteiger charge is -2.35. The van der Waals surface area contributed by atoms with E-state index in [0.717, 1.165) is 48.7 Å². The summed E-state index contributed by atoms with van der Waals surface area (Å²) in [4.78, 5) is 63.0. The van der Waals surface area contributed by atoms with Crippen molar-refractivity contribution in [3.63, 3.8) is 0 Å². The fraction of sp³-hybridized carbons (Fsp3) is 0.605. The van der Waals surface area contributed by atoms with Gasteiger partial charge in [0.1, 0.15) is 35.2 Å². The number of fused-ring (bicyclic) bond motifs is 3. The van der Waals surface area contributed by atoms with Crippen molar-refractivity contribution in [2.45, 2.75) is 126 Å². The molecular formula is C43H57N5O9S. The number of benzene rings is 1. The molecule has 0 radical (unpaired) electrons. The molecule has 4 fully saturated rings. The zero-order chi connectivity index (χ0) is 41.4. The average Bonchev–Trinajstić information content (AvgIpc) is 4.12. The van der Waals surface area contributed by atoms with E-state index >= 15 is 0 Å². The van der Waals surface area contributed by atoms with Crippen LogP contribution in [0.1, 0.15) is 95.7 Å². The topological polar surface area (TPSA) is 182 Å². The van der Waals surface area contributed by atoms with Crippen LogP contribution in [-0.4, -0.2) is 91.4 Å². The van der Waals surface area contributed by atoms with Gasteiger partial charge in [-0.25, -0.2) is 13.2 Å². The Balaban J connectivity index is 1.27. The number of methoxy groups -OCH3 is 1. The molecule has 314 valence electrons.